The second-order valence-corrected chi connectivity index (χ2v) is 6.57. The first-order valence-electron chi connectivity index (χ1n) is 7.07. The van der Waals surface area contributed by atoms with Crippen LogP contribution in [0.3, 0.4) is 0 Å². The number of rotatable bonds is 2. The van der Waals surface area contributed by atoms with Gasteiger partial charge in [-0.3, -0.25) is 19.7 Å². The van der Waals surface area contributed by atoms with Gasteiger partial charge in [-0.25, -0.2) is 0 Å². The first-order valence-corrected chi connectivity index (χ1v) is 7.07. The zero-order valence-electron chi connectivity index (χ0n) is 12.3. The molecule has 0 saturated carbocycles. The van der Waals surface area contributed by atoms with Crippen LogP contribution in [0.5, 0.6) is 0 Å². The highest BCUT2D eigenvalue weighted by atomic mass is 16.6. The number of Topliss-reactive ketones (excluding diaryl/α,β-unsaturated/α-hetero) is 1. The molecule has 1 unspecified atom stereocenters. The van der Waals surface area contributed by atoms with Crippen LogP contribution >= 0.6 is 0 Å². The smallest absolute Gasteiger partial charge is 0.405 e. The van der Waals surface area contributed by atoms with E-state index in [-0.39, 0.29) is 29.4 Å². The maximum atomic E-state index is 12.5. The summed E-state index contributed by atoms with van der Waals surface area (Å²) in [6, 6.07) is 2.72. The Kier molecular flexibility index (Phi) is 3.16. The van der Waals surface area contributed by atoms with Crippen molar-refractivity contribution in [1.29, 1.82) is 0 Å². The number of amides is 1. The quantitative estimate of drug-likeness (QED) is 0.667. The molecule has 2 aliphatic rings. The van der Waals surface area contributed by atoms with Crippen LogP contribution in [-0.4, -0.2) is 16.6 Å². The van der Waals surface area contributed by atoms with Crippen LogP contribution < -0.4 is 5.32 Å². The van der Waals surface area contributed by atoms with Crippen LogP contribution in [-0.2, 0) is 9.59 Å². The van der Waals surface area contributed by atoms with Crippen molar-refractivity contribution in [2.45, 2.75) is 39.0 Å². The molecule has 1 aromatic heterocycles. The molecule has 1 N–H and O–H groups in total. The van der Waals surface area contributed by atoms with Crippen molar-refractivity contribution in [2.75, 3.05) is 0 Å². The lowest BCUT2D eigenvalue weighted by Gasteiger charge is -2.37. The third-order valence-electron chi connectivity index (χ3n) is 4.08. The van der Waals surface area contributed by atoms with Crippen molar-refractivity contribution >= 4 is 17.6 Å². The molecular weight excluding hydrogens is 288 g/mol. The molecule has 7 nitrogen and oxygen atoms in total. The average Bonchev–Trinajstić information content (AvgIpc) is 2.84. The van der Waals surface area contributed by atoms with Crippen LogP contribution in [0.2, 0.25) is 0 Å². The van der Waals surface area contributed by atoms with Crippen molar-refractivity contribution in [3.63, 3.8) is 0 Å². The third kappa shape index (κ3) is 2.43. The van der Waals surface area contributed by atoms with Gasteiger partial charge < -0.3 is 9.73 Å². The monoisotopic (exact) mass is 304 g/mol. The van der Waals surface area contributed by atoms with Gasteiger partial charge in [0.05, 0.1) is 12.0 Å². The van der Waals surface area contributed by atoms with Crippen molar-refractivity contribution in [2.24, 2.45) is 5.41 Å². The summed E-state index contributed by atoms with van der Waals surface area (Å²) < 4.78 is 5.22. The van der Waals surface area contributed by atoms with Gasteiger partial charge in [-0.05, 0) is 17.9 Å². The van der Waals surface area contributed by atoms with E-state index in [1.54, 1.807) is 0 Å². The first kappa shape index (κ1) is 14.5. The Morgan fingerprint density at radius 2 is 2.05 bits per heavy atom. The second-order valence-electron chi connectivity index (χ2n) is 6.57. The summed E-state index contributed by atoms with van der Waals surface area (Å²) in [4.78, 5) is 34.5. The Bertz CT molecular complexity index is 713. The normalized spacial score (nSPS) is 24.0. The van der Waals surface area contributed by atoms with Gasteiger partial charge in [0.2, 0.25) is 5.91 Å². The summed E-state index contributed by atoms with van der Waals surface area (Å²) in [5.41, 5.74) is 0.949. The van der Waals surface area contributed by atoms with E-state index >= 15 is 0 Å². The van der Waals surface area contributed by atoms with Gasteiger partial charge in [0.15, 0.2) is 5.78 Å². The lowest BCUT2D eigenvalue weighted by Crippen LogP contribution is -2.40. The highest BCUT2D eigenvalue weighted by Crippen LogP contribution is 2.44. The van der Waals surface area contributed by atoms with Crippen LogP contribution in [0.25, 0.3) is 0 Å². The molecule has 22 heavy (non-hydrogen) atoms. The molecule has 3 rings (SSSR count). The Hall–Kier alpha value is -2.44. The summed E-state index contributed by atoms with van der Waals surface area (Å²) in [5, 5.41) is 13.5. The van der Waals surface area contributed by atoms with E-state index in [9.17, 15) is 19.7 Å². The molecule has 1 amide bonds. The Labute approximate surface area is 126 Å². The highest BCUT2D eigenvalue weighted by molar-refractivity contribution is 6.01. The highest BCUT2D eigenvalue weighted by Gasteiger charge is 2.41. The molecule has 0 spiro atoms. The van der Waals surface area contributed by atoms with Crippen LogP contribution in [0.1, 0.15) is 44.8 Å². The lowest BCUT2D eigenvalue weighted by atomic mass is 9.71. The molecule has 1 aliphatic carbocycles. The number of carbonyl (C=O) groups is 2. The molecule has 116 valence electrons. The fourth-order valence-electron chi connectivity index (χ4n) is 3.23. The lowest BCUT2D eigenvalue weighted by molar-refractivity contribution is -0.402. The molecule has 0 fully saturated rings. The van der Waals surface area contributed by atoms with Gasteiger partial charge in [0, 0.05) is 24.1 Å². The van der Waals surface area contributed by atoms with Gasteiger partial charge in [0.25, 0.3) is 0 Å². The number of hydrogen-bond acceptors (Lipinski definition) is 5. The Balaban J connectivity index is 2.04. The summed E-state index contributed by atoms with van der Waals surface area (Å²) >= 11 is 0. The number of ketones is 1. The number of hydrogen-bond donors (Lipinski definition) is 1. The zero-order chi connectivity index (χ0) is 16.1. The predicted octanol–water partition coefficient (Wildman–Crippen LogP) is 2.43. The van der Waals surface area contributed by atoms with Crippen molar-refractivity contribution in [1.82, 2.24) is 5.32 Å². The van der Waals surface area contributed by atoms with Crippen molar-refractivity contribution in [3.8, 4) is 0 Å². The van der Waals surface area contributed by atoms with E-state index in [2.05, 4.69) is 5.32 Å². The SMILES string of the molecule is CC1(C)CC(=O)C2=C(C1)NC(=O)CC2c1ccc([N+](=O)[O-])o1. The number of nitrogens with one attached hydrogen (secondary N) is 1. The Morgan fingerprint density at radius 3 is 2.68 bits per heavy atom. The molecule has 0 radical (unpaired) electrons. The van der Waals surface area contributed by atoms with Crippen molar-refractivity contribution in [3.05, 3.63) is 39.3 Å². The minimum Gasteiger partial charge on any atom is -0.405 e. The largest absolute Gasteiger partial charge is 0.433 e. The summed E-state index contributed by atoms with van der Waals surface area (Å²) in [7, 11) is 0. The maximum Gasteiger partial charge on any atom is 0.433 e. The summed E-state index contributed by atoms with van der Waals surface area (Å²) in [6.45, 7) is 3.95. The van der Waals surface area contributed by atoms with E-state index in [0.29, 0.717) is 29.9 Å². The Morgan fingerprint density at radius 1 is 1.32 bits per heavy atom. The molecular formula is C15H16N2O5. The molecule has 0 bridgehead atoms. The fraction of sp³-hybridized carbons (Fsp3) is 0.467. The van der Waals surface area contributed by atoms with Crippen LogP contribution in [0, 0.1) is 15.5 Å². The van der Waals surface area contributed by atoms with E-state index in [1.807, 2.05) is 13.8 Å². The number of allylic oxidation sites excluding steroid dienone is 2. The number of nitro groups is 1. The van der Waals surface area contributed by atoms with Crippen LogP contribution in [0.15, 0.2) is 27.8 Å². The van der Waals surface area contributed by atoms with E-state index in [4.69, 9.17) is 4.42 Å². The van der Waals surface area contributed by atoms with Gasteiger partial charge in [-0.1, -0.05) is 13.8 Å². The number of furan rings is 1. The van der Waals surface area contributed by atoms with E-state index < -0.39 is 10.8 Å². The summed E-state index contributed by atoms with van der Waals surface area (Å²) in [6.07, 6.45) is 1.05. The van der Waals surface area contributed by atoms with Gasteiger partial charge in [-0.15, -0.1) is 0 Å². The third-order valence-corrected chi connectivity index (χ3v) is 4.08. The molecule has 1 atom stereocenters. The standard InChI is InChI=1S/C15H16N2O5/c1-15(2)6-9-14(10(18)7-15)8(5-12(19)16-9)11-3-4-13(22-11)17(20)21/h3-4,8H,5-7H2,1-2H3,(H,16,19). The predicted molar refractivity (Wildman–Crippen MR) is 75.9 cm³/mol. The van der Waals surface area contributed by atoms with E-state index in [0.717, 1.165) is 0 Å². The van der Waals surface area contributed by atoms with Gasteiger partial charge >= 0.3 is 5.88 Å². The topological polar surface area (TPSA) is 102 Å². The molecule has 0 aromatic carbocycles. The average molecular weight is 304 g/mol. The molecule has 7 heteroatoms. The minimum atomic E-state index is -0.631. The summed E-state index contributed by atoms with van der Waals surface area (Å²) in [5.74, 6) is -0.863. The van der Waals surface area contributed by atoms with Crippen molar-refractivity contribution < 1.29 is 18.9 Å². The minimum absolute atomic E-state index is 0.0321. The second kappa shape index (κ2) is 4.79. The molecule has 1 aliphatic heterocycles. The first-order chi connectivity index (χ1) is 10.3. The molecule has 2 heterocycles. The van der Waals surface area contributed by atoms with Gasteiger partial charge in [0.1, 0.15) is 10.7 Å². The maximum absolute atomic E-state index is 12.5. The molecule has 0 saturated heterocycles. The number of nitrogens with zero attached hydrogens (tertiary/aromatic N) is 1. The zero-order valence-corrected chi connectivity index (χ0v) is 12.3. The number of carbonyl (C=O) groups excluding carboxylic acids is 2. The van der Waals surface area contributed by atoms with E-state index in [1.165, 1.54) is 12.1 Å². The molecule has 1 aromatic rings. The van der Waals surface area contributed by atoms with Crippen LogP contribution in [0.4, 0.5) is 5.88 Å². The van der Waals surface area contributed by atoms with Gasteiger partial charge in [-0.2, -0.15) is 0 Å². The fourth-order valence-corrected chi connectivity index (χ4v) is 3.23.